The first-order valence-electron chi connectivity index (χ1n) is 7.52. The second-order valence-corrected chi connectivity index (χ2v) is 5.59. The molecular weight excluding hydrogens is 328 g/mol. The molecule has 2 aromatic rings. The third-order valence-electron chi connectivity index (χ3n) is 3.38. The van der Waals surface area contributed by atoms with Crippen LogP contribution in [0.25, 0.3) is 0 Å². The van der Waals surface area contributed by atoms with Gasteiger partial charge in [-0.1, -0.05) is 23.7 Å². The highest BCUT2D eigenvalue weighted by Gasteiger charge is 2.05. The van der Waals surface area contributed by atoms with E-state index in [1.807, 2.05) is 24.3 Å². The molecule has 0 saturated heterocycles. The quantitative estimate of drug-likeness (QED) is 0.756. The van der Waals surface area contributed by atoms with Gasteiger partial charge in [-0.3, -0.25) is 4.79 Å². The lowest BCUT2D eigenvalue weighted by Gasteiger charge is -2.08. The maximum absolute atomic E-state index is 11.8. The Kier molecular flexibility index (Phi) is 6.63. The number of amides is 1. The van der Waals surface area contributed by atoms with Crippen LogP contribution >= 0.6 is 11.6 Å². The largest absolute Gasteiger partial charge is 0.465 e. The normalized spacial score (nSPS) is 10.1. The molecule has 2 rings (SSSR count). The van der Waals surface area contributed by atoms with E-state index in [9.17, 15) is 9.59 Å². The minimum absolute atomic E-state index is 0.103. The molecule has 0 bridgehead atoms. The minimum Gasteiger partial charge on any atom is -0.465 e. The smallest absolute Gasteiger partial charge is 0.337 e. The Morgan fingerprint density at radius 3 is 2.54 bits per heavy atom. The van der Waals surface area contributed by atoms with E-state index in [1.165, 1.54) is 7.11 Å². The van der Waals surface area contributed by atoms with Crippen molar-refractivity contribution in [2.24, 2.45) is 0 Å². The van der Waals surface area contributed by atoms with Crippen LogP contribution in [0.3, 0.4) is 0 Å². The maximum atomic E-state index is 11.8. The highest BCUT2D eigenvalue weighted by molar-refractivity contribution is 6.30. The lowest BCUT2D eigenvalue weighted by atomic mass is 10.1. The van der Waals surface area contributed by atoms with Crippen molar-refractivity contribution in [1.29, 1.82) is 0 Å². The predicted octanol–water partition coefficient (Wildman–Crippen LogP) is 2.90. The van der Waals surface area contributed by atoms with Crippen molar-refractivity contribution in [3.8, 4) is 0 Å². The van der Waals surface area contributed by atoms with E-state index in [-0.39, 0.29) is 18.4 Å². The number of halogens is 1. The molecule has 0 heterocycles. The van der Waals surface area contributed by atoms with E-state index in [4.69, 9.17) is 11.6 Å². The van der Waals surface area contributed by atoms with Crippen LogP contribution in [0.1, 0.15) is 15.9 Å². The van der Waals surface area contributed by atoms with Gasteiger partial charge in [0.05, 0.1) is 19.2 Å². The maximum Gasteiger partial charge on any atom is 0.337 e. The average Bonchev–Trinajstić information content (AvgIpc) is 2.60. The van der Waals surface area contributed by atoms with E-state index < -0.39 is 0 Å². The first-order chi connectivity index (χ1) is 11.6. The van der Waals surface area contributed by atoms with Gasteiger partial charge in [-0.05, 0) is 48.4 Å². The summed E-state index contributed by atoms with van der Waals surface area (Å²) in [5.74, 6) is -0.491. The Balaban J connectivity index is 1.72. The number of carbonyl (C=O) groups is 2. The van der Waals surface area contributed by atoms with Crippen LogP contribution in [-0.4, -0.2) is 32.1 Å². The molecule has 6 heteroatoms. The van der Waals surface area contributed by atoms with Crippen molar-refractivity contribution >= 4 is 29.2 Å². The minimum atomic E-state index is -0.389. The van der Waals surface area contributed by atoms with Crippen molar-refractivity contribution in [3.05, 3.63) is 64.7 Å². The summed E-state index contributed by atoms with van der Waals surface area (Å²) >= 11 is 5.92. The number of esters is 1. The number of carbonyl (C=O) groups excluding carboxylic acids is 2. The summed E-state index contributed by atoms with van der Waals surface area (Å²) in [4.78, 5) is 23.2. The zero-order valence-corrected chi connectivity index (χ0v) is 14.1. The van der Waals surface area contributed by atoms with Gasteiger partial charge in [-0.25, -0.2) is 4.79 Å². The summed E-state index contributed by atoms with van der Waals surface area (Å²) in [6, 6.07) is 14.3. The van der Waals surface area contributed by atoms with Gasteiger partial charge < -0.3 is 15.4 Å². The number of nitrogens with one attached hydrogen (secondary N) is 2. The van der Waals surface area contributed by atoms with Crippen molar-refractivity contribution in [2.75, 3.05) is 25.5 Å². The summed E-state index contributed by atoms with van der Waals surface area (Å²) in [7, 11) is 1.34. The van der Waals surface area contributed by atoms with Gasteiger partial charge in [0.25, 0.3) is 0 Å². The fourth-order valence-electron chi connectivity index (χ4n) is 2.13. The molecule has 0 unspecified atom stereocenters. The molecule has 0 aromatic heterocycles. The van der Waals surface area contributed by atoms with Crippen LogP contribution in [0.2, 0.25) is 5.02 Å². The molecule has 0 aliphatic rings. The molecule has 0 radical (unpaired) electrons. The third-order valence-corrected chi connectivity index (χ3v) is 3.62. The number of methoxy groups -OCH3 is 1. The number of rotatable bonds is 7. The van der Waals surface area contributed by atoms with E-state index >= 15 is 0 Å². The zero-order chi connectivity index (χ0) is 17.4. The van der Waals surface area contributed by atoms with Crippen LogP contribution in [0.4, 0.5) is 5.69 Å². The van der Waals surface area contributed by atoms with Crippen LogP contribution < -0.4 is 10.6 Å². The molecule has 5 nitrogen and oxygen atoms in total. The Labute approximate surface area is 146 Å². The first kappa shape index (κ1) is 17.8. The summed E-state index contributed by atoms with van der Waals surface area (Å²) < 4.78 is 4.63. The van der Waals surface area contributed by atoms with Gasteiger partial charge in [0.1, 0.15) is 0 Å². The topological polar surface area (TPSA) is 67.4 Å². The zero-order valence-electron chi connectivity index (χ0n) is 13.3. The molecule has 0 atom stereocenters. The number of benzene rings is 2. The molecular formula is C18H19ClN2O3. The van der Waals surface area contributed by atoms with Crippen LogP contribution in [0.5, 0.6) is 0 Å². The van der Waals surface area contributed by atoms with Crippen molar-refractivity contribution < 1.29 is 14.3 Å². The summed E-state index contributed by atoms with van der Waals surface area (Å²) in [5, 5.41) is 6.53. The molecule has 24 heavy (non-hydrogen) atoms. The average molecular weight is 347 g/mol. The summed E-state index contributed by atoms with van der Waals surface area (Å²) in [6.07, 6.45) is 0.722. The van der Waals surface area contributed by atoms with Crippen molar-refractivity contribution in [1.82, 2.24) is 5.32 Å². The second-order valence-electron chi connectivity index (χ2n) is 5.15. The van der Waals surface area contributed by atoms with Gasteiger partial charge >= 0.3 is 5.97 Å². The van der Waals surface area contributed by atoms with Crippen molar-refractivity contribution in [3.63, 3.8) is 0 Å². The van der Waals surface area contributed by atoms with E-state index in [2.05, 4.69) is 15.4 Å². The first-order valence-corrected chi connectivity index (χ1v) is 7.89. The second kappa shape index (κ2) is 8.93. The molecule has 1 amide bonds. The fraction of sp³-hybridized carbons (Fsp3) is 0.222. The van der Waals surface area contributed by atoms with E-state index in [0.717, 1.165) is 17.7 Å². The summed E-state index contributed by atoms with van der Waals surface area (Å²) in [6.45, 7) is 0.704. The highest BCUT2D eigenvalue weighted by Crippen LogP contribution is 2.11. The Bertz CT molecular complexity index is 702. The lowest BCUT2D eigenvalue weighted by molar-refractivity contribution is -0.119. The SMILES string of the molecule is COC(=O)c1ccc(NCC(=O)NCCc2cccc(Cl)c2)cc1. The van der Waals surface area contributed by atoms with E-state index in [0.29, 0.717) is 17.1 Å². The number of ether oxygens (including phenoxy) is 1. The number of hydrogen-bond donors (Lipinski definition) is 2. The Hall–Kier alpha value is -2.53. The molecule has 0 saturated carbocycles. The molecule has 0 spiro atoms. The molecule has 2 N–H and O–H groups in total. The monoisotopic (exact) mass is 346 g/mol. The summed E-state index contributed by atoms with van der Waals surface area (Å²) in [5.41, 5.74) is 2.30. The number of hydrogen-bond acceptors (Lipinski definition) is 4. The standard InChI is InChI=1S/C18H19ClN2O3/c1-24-18(23)14-5-7-16(8-6-14)21-12-17(22)20-10-9-13-3-2-4-15(19)11-13/h2-8,11,21H,9-10,12H2,1H3,(H,20,22). The molecule has 0 aliphatic carbocycles. The molecule has 0 fully saturated rings. The van der Waals surface area contributed by atoms with Crippen LogP contribution in [0.15, 0.2) is 48.5 Å². The number of anilines is 1. The Morgan fingerprint density at radius 1 is 1.12 bits per heavy atom. The molecule has 0 aliphatic heterocycles. The Morgan fingerprint density at radius 2 is 1.88 bits per heavy atom. The van der Waals surface area contributed by atoms with Crippen molar-refractivity contribution in [2.45, 2.75) is 6.42 Å². The van der Waals surface area contributed by atoms with Crippen LogP contribution in [-0.2, 0) is 16.0 Å². The third kappa shape index (κ3) is 5.59. The van der Waals surface area contributed by atoms with Gasteiger partial charge in [0, 0.05) is 17.3 Å². The molecule has 126 valence electrons. The van der Waals surface area contributed by atoms with Gasteiger partial charge in [0.15, 0.2) is 0 Å². The van der Waals surface area contributed by atoms with E-state index in [1.54, 1.807) is 24.3 Å². The van der Waals surface area contributed by atoms with Gasteiger partial charge in [-0.2, -0.15) is 0 Å². The lowest BCUT2D eigenvalue weighted by Crippen LogP contribution is -2.31. The van der Waals surface area contributed by atoms with Gasteiger partial charge in [0.2, 0.25) is 5.91 Å². The van der Waals surface area contributed by atoms with Crippen LogP contribution in [0, 0.1) is 0 Å². The van der Waals surface area contributed by atoms with Gasteiger partial charge in [-0.15, -0.1) is 0 Å². The highest BCUT2D eigenvalue weighted by atomic mass is 35.5. The molecule has 2 aromatic carbocycles. The predicted molar refractivity (Wildman–Crippen MR) is 94.4 cm³/mol. The fourth-order valence-corrected chi connectivity index (χ4v) is 2.34.